The van der Waals surface area contributed by atoms with Gasteiger partial charge in [0.05, 0.1) is 5.54 Å². The summed E-state index contributed by atoms with van der Waals surface area (Å²) < 4.78 is 1.09. The van der Waals surface area contributed by atoms with E-state index in [2.05, 4.69) is 66.8 Å². The summed E-state index contributed by atoms with van der Waals surface area (Å²) in [5.41, 5.74) is 0.249. The van der Waals surface area contributed by atoms with Crippen LogP contribution in [0.3, 0.4) is 0 Å². The number of aromatic nitrogens is 1. The van der Waals surface area contributed by atoms with E-state index in [1.807, 2.05) is 6.20 Å². The van der Waals surface area contributed by atoms with Gasteiger partial charge in [-0.25, -0.2) is 4.98 Å². The molecule has 5 heterocycles. The number of hydrogen-bond donors (Lipinski definition) is 2. The first-order valence-corrected chi connectivity index (χ1v) is 9.53. The second kappa shape index (κ2) is 5.46. The topological polar surface area (TPSA) is 40.2 Å². The number of pyridine rings is 1. The zero-order valence-corrected chi connectivity index (χ0v) is 15.1. The minimum atomic E-state index is 0.249. The van der Waals surface area contributed by atoms with E-state index in [9.17, 15) is 0 Å². The highest BCUT2D eigenvalue weighted by Gasteiger charge is 2.48. The number of nitrogens with zero attached hydrogens (tertiary/aromatic N) is 2. The van der Waals surface area contributed by atoms with E-state index in [4.69, 9.17) is 0 Å². The summed E-state index contributed by atoms with van der Waals surface area (Å²) in [6, 6.07) is 8.39. The molecule has 2 bridgehead atoms. The van der Waals surface area contributed by atoms with Crippen molar-refractivity contribution in [2.45, 2.75) is 24.8 Å². The Bertz CT molecular complexity index is 825. The Morgan fingerprint density at radius 3 is 2.88 bits per heavy atom. The molecule has 1 aromatic heterocycles. The smallest absolute Gasteiger partial charge is 0.131 e. The van der Waals surface area contributed by atoms with Crippen LogP contribution >= 0.6 is 15.9 Å². The predicted molar refractivity (Wildman–Crippen MR) is 101 cm³/mol. The van der Waals surface area contributed by atoms with Gasteiger partial charge in [-0.15, -0.1) is 0 Å². The van der Waals surface area contributed by atoms with Gasteiger partial charge >= 0.3 is 0 Å². The average Bonchev–Trinajstić information content (AvgIpc) is 2.97. The number of piperidine rings is 3. The second-order valence-corrected chi connectivity index (χ2v) is 8.26. The molecule has 0 radical (unpaired) electrons. The molecule has 4 aliphatic heterocycles. The molecule has 6 rings (SSSR count). The molecule has 1 spiro atoms. The molecule has 2 N–H and O–H groups in total. The van der Waals surface area contributed by atoms with E-state index in [0.29, 0.717) is 0 Å². The Morgan fingerprint density at radius 1 is 1.21 bits per heavy atom. The van der Waals surface area contributed by atoms with Gasteiger partial charge in [-0.2, -0.15) is 0 Å². The predicted octanol–water partition coefficient (Wildman–Crippen LogP) is 3.71. The van der Waals surface area contributed by atoms with E-state index in [1.54, 1.807) is 0 Å². The highest BCUT2D eigenvalue weighted by Crippen LogP contribution is 2.41. The van der Waals surface area contributed by atoms with Crippen molar-refractivity contribution in [1.29, 1.82) is 0 Å². The van der Waals surface area contributed by atoms with Crippen LogP contribution in [-0.2, 0) is 0 Å². The van der Waals surface area contributed by atoms with Crippen molar-refractivity contribution in [1.82, 2.24) is 15.2 Å². The molecule has 4 aliphatic rings. The van der Waals surface area contributed by atoms with E-state index in [0.717, 1.165) is 33.8 Å². The van der Waals surface area contributed by atoms with Crippen molar-refractivity contribution in [2.75, 3.05) is 25.0 Å². The molecule has 3 fully saturated rings. The van der Waals surface area contributed by atoms with Gasteiger partial charge in [0.15, 0.2) is 0 Å². The lowest BCUT2D eigenvalue weighted by Gasteiger charge is -2.52. The summed E-state index contributed by atoms with van der Waals surface area (Å²) in [6.45, 7) is 3.73. The van der Waals surface area contributed by atoms with Gasteiger partial charge in [-0.3, -0.25) is 0 Å². The summed E-state index contributed by atoms with van der Waals surface area (Å²) in [7, 11) is 0. The molecular formula is C19H21BrN4. The van der Waals surface area contributed by atoms with Crippen LogP contribution in [0.5, 0.6) is 0 Å². The minimum Gasteiger partial charge on any atom is -0.365 e. The fraction of sp³-hybridized carbons (Fsp3) is 0.421. The molecule has 1 atom stereocenters. The molecule has 24 heavy (non-hydrogen) atoms. The van der Waals surface area contributed by atoms with Gasteiger partial charge in [0.25, 0.3) is 0 Å². The van der Waals surface area contributed by atoms with Crippen molar-refractivity contribution in [3.05, 3.63) is 46.8 Å². The SMILES string of the molecule is Brc1ccc2cnc(NC3=CC[C@@]4(CN5CCC4CC5)N3)cc2c1. The van der Waals surface area contributed by atoms with Crippen LogP contribution in [-0.4, -0.2) is 35.1 Å². The number of anilines is 1. The van der Waals surface area contributed by atoms with Crippen molar-refractivity contribution in [3.8, 4) is 0 Å². The Hall–Kier alpha value is -1.59. The quantitative estimate of drug-likeness (QED) is 0.827. The Labute approximate surface area is 150 Å². The first-order valence-electron chi connectivity index (χ1n) is 8.73. The fourth-order valence-corrected chi connectivity index (χ4v) is 4.98. The molecule has 0 amide bonds. The van der Waals surface area contributed by atoms with Crippen LogP contribution in [0.2, 0.25) is 0 Å². The van der Waals surface area contributed by atoms with Crippen LogP contribution in [0.4, 0.5) is 5.82 Å². The normalized spacial score (nSPS) is 31.3. The van der Waals surface area contributed by atoms with E-state index in [-0.39, 0.29) is 5.54 Å². The monoisotopic (exact) mass is 384 g/mol. The number of benzene rings is 1. The van der Waals surface area contributed by atoms with Crippen LogP contribution < -0.4 is 10.6 Å². The number of halogens is 1. The maximum atomic E-state index is 4.56. The molecule has 124 valence electrons. The molecular weight excluding hydrogens is 364 g/mol. The number of hydrogen-bond acceptors (Lipinski definition) is 4. The number of rotatable bonds is 2. The van der Waals surface area contributed by atoms with Crippen LogP contribution in [0.25, 0.3) is 10.8 Å². The van der Waals surface area contributed by atoms with Crippen LogP contribution in [0.15, 0.2) is 46.8 Å². The van der Waals surface area contributed by atoms with Crippen LogP contribution in [0, 0.1) is 5.92 Å². The zero-order chi connectivity index (χ0) is 16.1. The zero-order valence-electron chi connectivity index (χ0n) is 13.6. The molecule has 0 aliphatic carbocycles. The van der Waals surface area contributed by atoms with E-state index >= 15 is 0 Å². The lowest BCUT2D eigenvalue weighted by atomic mass is 9.72. The lowest BCUT2D eigenvalue weighted by molar-refractivity contribution is 0.0189. The average molecular weight is 385 g/mol. The third-order valence-electron chi connectivity index (χ3n) is 5.88. The lowest BCUT2D eigenvalue weighted by Crippen LogP contribution is -2.64. The molecule has 0 saturated carbocycles. The molecule has 5 heteroatoms. The first-order chi connectivity index (χ1) is 11.7. The summed E-state index contributed by atoms with van der Waals surface area (Å²) in [6.07, 6.45) is 8.03. The van der Waals surface area contributed by atoms with Gasteiger partial charge < -0.3 is 15.5 Å². The summed E-state index contributed by atoms with van der Waals surface area (Å²) in [4.78, 5) is 7.17. The second-order valence-electron chi connectivity index (χ2n) is 7.34. The Balaban J connectivity index is 1.35. The van der Waals surface area contributed by atoms with Gasteiger partial charge in [0.1, 0.15) is 11.6 Å². The number of fused-ring (bicyclic) bond motifs is 3. The molecule has 0 unspecified atom stereocenters. The molecule has 1 aromatic carbocycles. The van der Waals surface area contributed by atoms with Gasteiger partial charge in [0.2, 0.25) is 0 Å². The summed E-state index contributed by atoms with van der Waals surface area (Å²) >= 11 is 3.54. The van der Waals surface area contributed by atoms with Gasteiger partial charge in [-0.05, 0) is 67.9 Å². The first kappa shape index (κ1) is 14.7. The maximum Gasteiger partial charge on any atom is 0.131 e. The standard InChI is InChI=1S/C19H21BrN4/c20-16-2-1-13-11-21-18(10-14(13)9-16)22-17-3-6-19(23-17)12-24-7-4-15(19)5-8-24/h1-3,9-11,15,23H,4-8,12H2,(H,21,22)/t19-/m0/s1. The third-order valence-corrected chi connectivity index (χ3v) is 6.37. The number of nitrogens with one attached hydrogen (secondary N) is 2. The van der Waals surface area contributed by atoms with E-state index in [1.165, 1.54) is 37.9 Å². The molecule has 3 saturated heterocycles. The van der Waals surface area contributed by atoms with Crippen molar-refractivity contribution in [2.24, 2.45) is 5.92 Å². The van der Waals surface area contributed by atoms with E-state index < -0.39 is 0 Å². The fourth-order valence-electron chi connectivity index (χ4n) is 4.60. The minimum absolute atomic E-state index is 0.249. The maximum absolute atomic E-state index is 4.56. The summed E-state index contributed by atoms with van der Waals surface area (Å²) in [5, 5.41) is 9.64. The van der Waals surface area contributed by atoms with Crippen molar-refractivity contribution < 1.29 is 0 Å². The third kappa shape index (κ3) is 2.42. The molecule has 2 aromatic rings. The van der Waals surface area contributed by atoms with Crippen LogP contribution in [0.1, 0.15) is 19.3 Å². The Morgan fingerprint density at radius 2 is 2.08 bits per heavy atom. The van der Waals surface area contributed by atoms with Gasteiger partial charge in [-0.1, -0.05) is 22.0 Å². The molecule has 4 nitrogen and oxygen atoms in total. The largest absolute Gasteiger partial charge is 0.365 e. The van der Waals surface area contributed by atoms with Crippen molar-refractivity contribution in [3.63, 3.8) is 0 Å². The Kier molecular flexibility index (Phi) is 3.35. The summed E-state index contributed by atoms with van der Waals surface area (Å²) in [5.74, 6) is 2.82. The highest BCUT2D eigenvalue weighted by molar-refractivity contribution is 9.10. The van der Waals surface area contributed by atoms with Gasteiger partial charge in [0, 0.05) is 22.6 Å². The van der Waals surface area contributed by atoms with Crippen molar-refractivity contribution >= 4 is 32.5 Å². The highest BCUT2D eigenvalue weighted by atomic mass is 79.9.